The van der Waals surface area contributed by atoms with Gasteiger partial charge in [0, 0.05) is 49.7 Å². The van der Waals surface area contributed by atoms with E-state index in [1.807, 2.05) is 78.6 Å². The summed E-state index contributed by atoms with van der Waals surface area (Å²) in [6.07, 6.45) is 2.24. The zero-order valence-corrected chi connectivity index (χ0v) is 19.7. The summed E-state index contributed by atoms with van der Waals surface area (Å²) < 4.78 is 0. The van der Waals surface area contributed by atoms with Crippen LogP contribution in [0.5, 0.6) is 0 Å². The molecule has 0 unspecified atom stereocenters. The van der Waals surface area contributed by atoms with Gasteiger partial charge in [0.2, 0.25) is 5.91 Å². The Morgan fingerprint density at radius 2 is 1.47 bits per heavy atom. The minimum absolute atomic E-state index is 0.0389. The van der Waals surface area contributed by atoms with Gasteiger partial charge in [-0.25, -0.2) is 4.79 Å². The van der Waals surface area contributed by atoms with Crippen LogP contribution in [0.25, 0.3) is 0 Å². The Bertz CT molecular complexity index is 1090. The van der Waals surface area contributed by atoms with E-state index in [0.717, 1.165) is 48.6 Å². The third kappa shape index (κ3) is 6.38. The molecule has 34 heavy (non-hydrogen) atoms. The van der Waals surface area contributed by atoms with Crippen molar-refractivity contribution in [3.63, 3.8) is 0 Å². The third-order valence-electron chi connectivity index (χ3n) is 6.18. The predicted molar refractivity (Wildman–Crippen MR) is 138 cm³/mol. The number of piperazine rings is 1. The number of hydrogen-bond acceptors (Lipinski definition) is 3. The smallest absolute Gasteiger partial charge is 0.321 e. The van der Waals surface area contributed by atoms with Gasteiger partial charge in [-0.05, 0) is 61.2 Å². The Labute approximate surface area is 201 Å². The molecule has 3 aromatic carbocycles. The lowest BCUT2D eigenvalue weighted by atomic mass is 10.1. The van der Waals surface area contributed by atoms with Crippen LogP contribution in [0.4, 0.5) is 21.9 Å². The van der Waals surface area contributed by atoms with Crippen LogP contribution in [-0.2, 0) is 11.2 Å². The topological polar surface area (TPSA) is 64.7 Å². The van der Waals surface area contributed by atoms with E-state index in [-0.39, 0.29) is 11.9 Å². The molecule has 3 aromatic rings. The van der Waals surface area contributed by atoms with Crippen molar-refractivity contribution in [2.24, 2.45) is 0 Å². The fourth-order valence-corrected chi connectivity index (χ4v) is 4.15. The highest BCUT2D eigenvalue weighted by atomic mass is 16.2. The highest BCUT2D eigenvalue weighted by Gasteiger charge is 2.21. The molecule has 0 saturated carbocycles. The zero-order valence-electron chi connectivity index (χ0n) is 19.7. The Balaban J connectivity index is 1.21. The Hall–Kier alpha value is -3.80. The normalized spacial score (nSPS) is 13.4. The van der Waals surface area contributed by atoms with Gasteiger partial charge in [-0.15, -0.1) is 0 Å². The fraction of sp³-hybridized carbons (Fsp3) is 0.286. The molecule has 0 aromatic heterocycles. The first-order chi connectivity index (χ1) is 16.6. The number of urea groups is 1. The van der Waals surface area contributed by atoms with Crippen molar-refractivity contribution in [2.45, 2.75) is 26.2 Å². The van der Waals surface area contributed by atoms with Crippen molar-refractivity contribution in [2.75, 3.05) is 41.7 Å². The minimum atomic E-state index is -0.0562. The number of nitrogens with one attached hydrogen (secondary N) is 2. The van der Waals surface area contributed by atoms with Gasteiger partial charge in [0.15, 0.2) is 0 Å². The lowest BCUT2D eigenvalue weighted by molar-refractivity contribution is -0.116. The molecular weight excluding hydrogens is 424 g/mol. The van der Waals surface area contributed by atoms with Crippen molar-refractivity contribution < 1.29 is 9.59 Å². The molecule has 0 radical (unpaired) electrons. The number of hydrogen-bond donors (Lipinski definition) is 2. The molecule has 3 amide bonds. The molecule has 176 valence electrons. The van der Waals surface area contributed by atoms with Gasteiger partial charge in [-0.2, -0.15) is 0 Å². The number of nitrogens with zero attached hydrogens (tertiary/aromatic N) is 2. The molecule has 0 bridgehead atoms. The Morgan fingerprint density at radius 3 is 2.18 bits per heavy atom. The van der Waals surface area contributed by atoms with Crippen LogP contribution >= 0.6 is 0 Å². The molecule has 1 aliphatic heterocycles. The first-order valence-corrected chi connectivity index (χ1v) is 11.9. The second-order valence-corrected chi connectivity index (χ2v) is 8.65. The highest BCUT2D eigenvalue weighted by Crippen LogP contribution is 2.21. The predicted octanol–water partition coefficient (Wildman–Crippen LogP) is 5.31. The summed E-state index contributed by atoms with van der Waals surface area (Å²) in [6.45, 7) is 4.86. The van der Waals surface area contributed by atoms with E-state index in [1.54, 1.807) is 0 Å². The molecule has 0 spiro atoms. The van der Waals surface area contributed by atoms with Gasteiger partial charge in [0.05, 0.1) is 0 Å². The summed E-state index contributed by atoms with van der Waals surface area (Å²) in [5.74, 6) is 0.0389. The molecule has 2 N–H and O–H groups in total. The van der Waals surface area contributed by atoms with Crippen molar-refractivity contribution in [3.05, 3.63) is 90.0 Å². The average Bonchev–Trinajstić information content (AvgIpc) is 2.87. The summed E-state index contributed by atoms with van der Waals surface area (Å²) in [7, 11) is 0. The Kier molecular flexibility index (Phi) is 7.81. The molecule has 0 atom stereocenters. The van der Waals surface area contributed by atoms with Gasteiger partial charge in [-0.3, -0.25) is 4.79 Å². The van der Waals surface area contributed by atoms with E-state index in [9.17, 15) is 9.59 Å². The molecular formula is C28H32N4O2. The maximum absolute atomic E-state index is 12.6. The monoisotopic (exact) mass is 456 g/mol. The van der Waals surface area contributed by atoms with Crippen LogP contribution in [0.2, 0.25) is 0 Å². The fourth-order valence-electron chi connectivity index (χ4n) is 4.15. The molecule has 1 saturated heterocycles. The minimum Gasteiger partial charge on any atom is -0.368 e. The molecule has 6 nitrogen and oxygen atoms in total. The average molecular weight is 457 g/mol. The molecule has 6 heteroatoms. The van der Waals surface area contributed by atoms with E-state index in [4.69, 9.17) is 0 Å². The Morgan fingerprint density at radius 1 is 0.794 bits per heavy atom. The van der Waals surface area contributed by atoms with E-state index >= 15 is 0 Å². The first kappa shape index (κ1) is 23.4. The third-order valence-corrected chi connectivity index (χ3v) is 6.18. The van der Waals surface area contributed by atoms with Crippen LogP contribution in [0.3, 0.4) is 0 Å². The van der Waals surface area contributed by atoms with Gasteiger partial charge >= 0.3 is 6.03 Å². The summed E-state index contributed by atoms with van der Waals surface area (Å²) in [5.41, 5.74) is 5.07. The second kappa shape index (κ2) is 11.4. The van der Waals surface area contributed by atoms with Crippen molar-refractivity contribution >= 4 is 29.0 Å². The van der Waals surface area contributed by atoms with Crippen LogP contribution in [0.1, 0.15) is 24.0 Å². The van der Waals surface area contributed by atoms with Gasteiger partial charge in [0.25, 0.3) is 0 Å². The molecule has 1 aliphatic rings. The number of para-hydroxylation sites is 1. The number of amides is 3. The standard InChI is InChI=1S/C28H32N4O2/c1-22-8-5-6-12-26(22)30-28(34)32-20-18-31(19-21-32)25-16-14-24(15-17-25)29-27(33)13-7-11-23-9-3-2-4-10-23/h2-6,8-10,12,14-17H,7,11,13,18-21H2,1H3,(H,29,33)(H,30,34). The number of carbonyl (C=O) groups excluding carboxylic acids is 2. The van der Waals surface area contributed by atoms with E-state index in [0.29, 0.717) is 19.5 Å². The summed E-state index contributed by atoms with van der Waals surface area (Å²) in [4.78, 5) is 29.0. The number of aryl methyl sites for hydroxylation is 2. The number of rotatable bonds is 7. The van der Waals surface area contributed by atoms with Gasteiger partial charge in [-0.1, -0.05) is 48.5 Å². The molecule has 4 rings (SSSR count). The van der Waals surface area contributed by atoms with Gasteiger partial charge in [0.1, 0.15) is 0 Å². The van der Waals surface area contributed by atoms with Crippen LogP contribution in [0, 0.1) is 6.92 Å². The number of carbonyl (C=O) groups is 2. The van der Waals surface area contributed by atoms with Crippen LogP contribution in [-0.4, -0.2) is 43.0 Å². The van der Waals surface area contributed by atoms with E-state index in [2.05, 4.69) is 27.7 Å². The van der Waals surface area contributed by atoms with Gasteiger partial charge < -0.3 is 20.4 Å². The maximum atomic E-state index is 12.6. The quantitative estimate of drug-likeness (QED) is 0.506. The largest absolute Gasteiger partial charge is 0.368 e. The SMILES string of the molecule is Cc1ccccc1NC(=O)N1CCN(c2ccc(NC(=O)CCCc3ccccc3)cc2)CC1. The lowest BCUT2D eigenvalue weighted by Gasteiger charge is -2.36. The number of benzene rings is 3. The highest BCUT2D eigenvalue weighted by molar-refractivity contribution is 5.91. The molecule has 0 aliphatic carbocycles. The zero-order chi connectivity index (χ0) is 23.8. The lowest BCUT2D eigenvalue weighted by Crippen LogP contribution is -2.50. The summed E-state index contributed by atoms with van der Waals surface area (Å²) in [5, 5.41) is 6.00. The van der Waals surface area contributed by atoms with Crippen molar-refractivity contribution in [1.29, 1.82) is 0 Å². The summed E-state index contributed by atoms with van der Waals surface area (Å²) in [6, 6.07) is 25.9. The molecule has 1 fully saturated rings. The van der Waals surface area contributed by atoms with Crippen LogP contribution < -0.4 is 15.5 Å². The summed E-state index contributed by atoms with van der Waals surface area (Å²) >= 11 is 0. The second-order valence-electron chi connectivity index (χ2n) is 8.65. The molecule has 1 heterocycles. The van der Waals surface area contributed by atoms with E-state index < -0.39 is 0 Å². The van der Waals surface area contributed by atoms with Crippen molar-refractivity contribution in [3.8, 4) is 0 Å². The van der Waals surface area contributed by atoms with Crippen LogP contribution in [0.15, 0.2) is 78.9 Å². The first-order valence-electron chi connectivity index (χ1n) is 11.9. The maximum Gasteiger partial charge on any atom is 0.321 e. The van der Waals surface area contributed by atoms with Crippen molar-refractivity contribution in [1.82, 2.24) is 4.90 Å². The van der Waals surface area contributed by atoms with E-state index in [1.165, 1.54) is 5.56 Å². The number of anilines is 3.